The average Bonchev–Trinajstić information content (AvgIpc) is 2.35. The highest BCUT2D eigenvalue weighted by atomic mass is 16.4. The number of urea groups is 1. The second-order valence-corrected chi connectivity index (χ2v) is 4.41. The largest absolute Gasteiger partial charge is 0.480 e. The molecule has 0 aliphatic carbocycles. The van der Waals surface area contributed by atoms with Gasteiger partial charge in [0.15, 0.2) is 0 Å². The monoisotopic (exact) mass is 286 g/mol. The van der Waals surface area contributed by atoms with Crippen molar-refractivity contribution in [2.75, 3.05) is 26.2 Å². The molecule has 0 saturated carbocycles. The Morgan fingerprint density at radius 3 is 2.60 bits per heavy atom. The van der Waals surface area contributed by atoms with Crippen molar-refractivity contribution < 1.29 is 24.3 Å². The Bertz CT molecular complexity index is 409. The number of carbonyl (C=O) groups excluding carboxylic acids is 3. The predicted octanol–water partition coefficient (Wildman–Crippen LogP) is -1.81. The molecular weight excluding hydrogens is 268 g/mol. The summed E-state index contributed by atoms with van der Waals surface area (Å²) in [5.74, 6) is -2.36. The molecule has 1 atom stereocenters. The van der Waals surface area contributed by atoms with Gasteiger partial charge in [0, 0.05) is 13.1 Å². The first-order chi connectivity index (χ1) is 9.36. The summed E-state index contributed by atoms with van der Waals surface area (Å²) in [5.41, 5.74) is 5.01. The third kappa shape index (κ3) is 3.84. The molecule has 1 heterocycles. The number of carbonyl (C=O) groups is 4. The van der Waals surface area contributed by atoms with Crippen molar-refractivity contribution in [2.24, 2.45) is 5.73 Å². The molecule has 9 nitrogen and oxygen atoms in total. The first-order valence-corrected chi connectivity index (χ1v) is 6.20. The van der Waals surface area contributed by atoms with E-state index in [0.29, 0.717) is 13.0 Å². The van der Waals surface area contributed by atoms with Gasteiger partial charge in [0.25, 0.3) is 0 Å². The third-order valence-corrected chi connectivity index (χ3v) is 2.91. The van der Waals surface area contributed by atoms with Crippen LogP contribution in [0.5, 0.6) is 0 Å². The van der Waals surface area contributed by atoms with Gasteiger partial charge >= 0.3 is 12.0 Å². The molecule has 0 spiro atoms. The fraction of sp³-hybridized carbons (Fsp3) is 0.636. The number of nitrogens with zero attached hydrogens (tertiary/aromatic N) is 2. The normalized spacial score (nSPS) is 18.4. The van der Waals surface area contributed by atoms with Crippen LogP contribution in [0.1, 0.15) is 13.3 Å². The summed E-state index contributed by atoms with van der Waals surface area (Å²) in [5, 5.41) is 11.4. The summed E-state index contributed by atoms with van der Waals surface area (Å²) in [6.45, 7) is 1.15. The van der Waals surface area contributed by atoms with Gasteiger partial charge in [0.1, 0.15) is 19.1 Å². The second-order valence-electron chi connectivity index (χ2n) is 4.41. The first-order valence-electron chi connectivity index (χ1n) is 6.20. The Labute approximate surface area is 115 Å². The number of carboxylic acid groups (broad SMARTS) is 1. The first kappa shape index (κ1) is 15.7. The predicted molar refractivity (Wildman–Crippen MR) is 67.6 cm³/mol. The summed E-state index contributed by atoms with van der Waals surface area (Å²) in [4.78, 5) is 47.7. The highest BCUT2D eigenvalue weighted by Crippen LogP contribution is 2.11. The summed E-state index contributed by atoms with van der Waals surface area (Å²) in [6.07, 6.45) is 0.398. The van der Waals surface area contributed by atoms with E-state index in [1.54, 1.807) is 6.92 Å². The number of nitrogens with two attached hydrogens (primary N) is 1. The van der Waals surface area contributed by atoms with Crippen molar-refractivity contribution in [2.45, 2.75) is 19.4 Å². The van der Waals surface area contributed by atoms with Gasteiger partial charge in [-0.15, -0.1) is 0 Å². The fourth-order valence-electron chi connectivity index (χ4n) is 2.07. The molecule has 112 valence electrons. The van der Waals surface area contributed by atoms with Gasteiger partial charge in [-0.3, -0.25) is 14.4 Å². The highest BCUT2D eigenvalue weighted by molar-refractivity contribution is 5.91. The van der Waals surface area contributed by atoms with Crippen molar-refractivity contribution in [3.8, 4) is 0 Å². The molecule has 1 aliphatic rings. The van der Waals surface area contributed by atoms with Gasteiger partial charge in [-0.2, -0.15) is 0 Å². The van der Waals surface area contributed by atoms with Crippen molar-refractivity contribution >= 4 is 23.8 Å². The average molecular weight is 286 g/mol. The molecule has 0 bridgehead atoms. The van der Waals surface area contributed by atoms with Crippen molar-refractivity contribution in [1.82, 2.24) is 15.1 Å². The zero-order valence-corrected chi connectivity index (χ0v) is 11.2. The van der Waals surface area contributed by atoms with Crippen molar-refractivity contribution in [3.05, 3.63) is 0 Å². The molecule has 4 amide bonds. The Kier molecular flexibility index (Phi) is 5.30. The number of aliphatic carboxylic acids is 1. The highest BCUT2D eigenvalue weighted by Gasteiger charge is 2.34. The number of carboxylic acids is 1. The smallest absolute Gasteiger partial charge is 0.323 e. The lowest BCUT2D eigenvalue weighted by Crippen LogP contribution is -2.60. The van der Waals surface area contributed by atoms with Gasteiger partial charge in [-0.05, 0) is 6.42 Å². The number of primary amides is 1. The van der Waals surface area contributed by atoms with Crippen LogP contribution in [-0.4, -0.2) is 70.9 Å². The summed E-state index contributed by atoms with van der Waals surface area (Å²) in [7, 11) is 0. The standard InChI is InChI=1S/C11H18N4O5/c1-2-7-10(19)13-3-4-15(7)11(20)14(5-8(12)16)6-9(17)18/h7H,2-6H2,1H3,(H2,12,16)(H,13,19)(H,17,18). The van der Waals surface area contributed by atoms with E-state index in [1.807, 2.05) is 0 Å². The van der Waals surface area contributed by atoms with Crippen molar-refractivity contribution in [3.63, 3.8) is 0 Å². The fourth-order valence-corrected chi connectivity index (χ4v) is 2.07. The van der Waals surface area contributed by atoms with Crippen LogP contribution >= 0.6 is 0 Å². The second kappa shape index (κ2) is 6.73. The Hall–Kier alpha value is -2.32. The lowest BCUT2D eigenvalue weighted by molar-refractivity contribution is -0.138. The van der Waals surface area contributed by atoms with E-state index in [9.17, 15) is 19.2 Å². The minimum absolute atomic E-state index is 0.262. The van der Waals surface area contributed by atoms with Gasteiger partial charge < -0.3 is 26.0 Å². The van der Waals surface area contributed by atoms with Gasteiger partial charge in [-0.1, -0.05) is 6.92 Å². The molecular formula is C11H18N4O5. The zero-order chi connectivity index (χ0) is 15.3. The summed E-state index contributed by atoms with van der Waals surface area (Å²) < 4.78 is 0. The van der Waals surface area contributed by atoms with Gasteiger partial charge in [-0.25, -0.2) is 4.79 Å². The number of hydrogen-bond acceptors (Lipinski definition) is 4. The molecule has 9 heteroatoms. The molecule has 4 N–H and O–H groups in total. The van der Waals surface area contributed by atoms with E-state index >= 15 is 0 Å². The molecule has 0 radical (unpaired) electrons. The van der Waals surface area contributed by atoms with Crippen LogP contribution < -0.4 is 11.1 Å². The van der Waals surface area contributed by atoms with Crippen LogP contribution in [0.25, 0.3) is 0 Å². The Morgan fingerprint density at radius 2 is 2.10 bits per heavy atom. The lowest BCUT2D eigenvalue weighted by atomic mass is 10.1. The quantitative estimate of drug-likeness (QED) is 0.547. The Balaban J connectivity index is 2.88. The van der Waals surface area contributed by atoms with E-state index in [-0.39, 0.29) is 12.5 Å². The Morgan fingerprint density at radius 1 is 1.45 bits per heavy atom. The van der Waals surface area contributed by atoms with Crippen LogP contribution in [0.3, 0.4) is 0 Å². The van der Waals surface area contributed by atoms with Crippen LogP contribution in [0, 0.1) is 0 Å². The minimum atomic E-state index is -1.26. The van der Waals surface area contributed by atoms with E-state index in [0.717, 1.165) is 4.90 Å². The topological polar surface area (TPSA) is 133 Å². The number of hydrogen-bond donors (Lipinski definition) is 3. The molecule has 0 aromatic rings. The molecule has 20 heavy (non-hydrogen) atoms. The molecule has 1 rings (SSSR count). The summed E-state index contributed by atoms with van der Waals surface area (Å²) in [6, 6.07) is -1.34. The number of rotatable bonds is 5. The molecule has 1 saturated heterocycles. The van der Waals surface area contributed by atoms with Crippen LogP contribution in [-0.2, 0) is 14.4 Å². The van der Waals surface area contributed by atoms with Crippen LogP contribution in [0.2, 0.25) is 0 Å². The lowest BCUT2D eigenvalue weighted by Gasteiger charge is -2.37. The van der Waals surface area contributed by atoms with Crippen LogP contribution in [0.15, 0.2) is 0 Å². The van der Waals surface area contributed by atoms with E-state index < -0.39 is 37.0 Å². The van der Waals surface area contributed by atoms with Crippen molar-refractivity contribution in [1.29, 1.82) is 0 Å². The zero-order valence-electron chi connectivity index (χ0n) is 11.2. The molecule has 0 aromatic carbocycles. The maximum absolute atomic E-state index is 12.3. The maximum atomic E-state index is 12.3. The molecule has 1 unspecified atom stereocenters. The van der Waals surface area contributed by atoms with Crippen LogP contribution in [0.4, 0.5) is 4.79 Å². The van der Waals surface area contributed by atoms with E-state index in [1.165, 1.54) is 4.90 Å². The maximum Gasteiger partial charge on any atom is 0.323 e. The summed E-state index contributed by atoms with van der Waals surface area (Å²) >= 11 is 0. The number of piperazine rings is 1. The molecule has 1 fully saturated rings. The van der Waals surface area contributed by atoms with Gasteiger partial charge in [0.2, 0.25) is 11.8 Å². The molecule has 0 aromatic heterocycles. The van der Waals surface area contributed by atoms with E-state index in [4.69, 9.17) is 10.8 Å². The van der Waals surface area contributed by atoms with Gasteiger partial charge in [0.05, 0.1) is 0 Å². The number of amides is 4. The minimum Gasteiger partial charge on any atom is -0.480 e. The third-order valence-electron chi connectivity index (χ3n) is 2.91. The number of nitrogens with one attached hydrogen (secondary N) is 1. The van der Waals surface area contributed by atoms with E-state index in [2.05, 4.69) is 5.32 Å². The molecule has 1 aliphatic heterocycles. The SMILES string of the molecule is CCC1C(=O)NCCN1C(=O)N(CC(N)=O)CC(=O)O.